The second-order valence-corrected chi connectivity index (χ2v) is 4.69. The van der Waals surface area contributed by atoms with Gasteiger partial charge in [-0.05, 0) is 12.5 Å². The molecule has 2 rings (SSSR count). The lowest BCUT2D eigenvalue weighted by molar-refractivity contribution is 0.0614. The summed E-state index contributed by atoms with van der Waals surface area (Å²) < 4.78 is 10.8. The van der Waals surface area contributed by atoms with Crippen molar-refractivity contribution in [1.29, 1.82) is 0 Å². The highest BCUT2D eigenvalue weighted by Crippen LogP contribution is 2.21. The van der Waals surface area contributed by atoms with Gasteiger partial charge in [0.25, 0.3) is 0 Å². The number of carbonyl (C=O) groups excluding carboxylic acids is 1. The second kappa shape index (κ2) is 6.97. The first-order valence-corrected chi connectivity index (χ1v) is 6.79. The van der Waals surface area contributed by atoms with Gasteiger partial charge in [-0.25, -0.2) is 4.79 Å². The van der Waals surface area contributed by atoms with Gasteiger partial charge < -0.3 is 9.47 Å². The molecule has 4 heteroatoms. The number of carbonyl (C=O) groups is 1. The predicted octanol–water partition coefficient (Wildman–Crippen LogP) is 2.44. The van der Waals surface area contributed by atoms with Gasteiger partial charge in [0.1, 0.15) is 6.61 Å². The van der Waals surface area contributed by atoms with E-state index < -0.39 is 0 Å². The van der Waals surface area contributed by atoms with Crippen LogP contribution in [0.25, 0.3) is 0 Å². The highest BCUT2D eigenvalue weighted by Gasteiger charge is 2.35. The molecule has 1 amide bonds. The van der Waals surface area contributed by atoms with Crippen molar-refractivity contribution >= 4 is 6.09 Å². The third kappa shape index (κ3) is 3.52. The number of benzene rings is 1. The van der Waals surface area contributed by atoms with Crippen LogP contribution in [0.15, 0.2) is 30.3 Å². The van der Waals surface area contributed by atoms with Crippen LogP contribution >= 0.6 is 0 Å². The molecule has 1 saturated heterocycles. The summed E-state index contributed by atoms with van der Waals surface area (Å²) in [5.41, 5.74) is 0.957. The lowest BCUT2D eigenvalue weighted by atomic mass is 10.2. The smallest absolute Gasteiger partial charge is 0.411 e. The Morgan fingerprint density at radius 3 is 2.85 bits per heavy atom. The largest absolute Gasteiger partial charge is 0.445 e. The summed E-state index contributed by atoms with van der Waals surface area (Å²) in [5, 5.41) is 0. The maximum absolute atomic E-state index is 12.1. The topological polar surface area (TPSA) is 38.8 Å². The standard InChI is InChI=1S/C16H19NO3/c1-3-14-10-15(19-4-2)11-17(14)16(18)20-12-13-8-6-5-7-9-13/h1,5-9,14-15H,4,10-12H2,2H3/t14-,15+/m0/s1. The Morgan fingerprint density at radius 2 is 2.20 bits per heavy atom. The highest BCUT2D eigenvalue weighted by atomic mass is 16.6. The summed E-state index contributed by atoms with van der Waals surface area (Å²) in [7, 11) is 0. The lowest BCUT2D eigenvalue weighted by Gasteiger charge is -2.19. The molecule has 106 valence electrons. The lowest BCUT2D eigenvalue weighted by Crippen LogP contribution is -2.35. The zero-order valence-electron chi connectivity index (χ0n) is 11.6. The number of terminal acetylenes is 1. The number of amides is 1. The number of nitrogens with zero attached hydrogens (tertiary/aromatic N) is 1. The summed E-state index contributed by atoms with van der Waals surface area (Å²) in [6, 6.07) is 9.34. The van der Waals surface area contributed by atoms with E-state index in [1.807, 2.05) is 37.3 Å². The number of rotatable bonds is 4. The van der Waals surface area contributed by atoms with Gasteiger partial charge in [0.2, 0.25) is 0 Å². The average Bonchev–Trinajstić information content (AvgIpc) is 2.89. The fraction of sp³-hybridized carbons (Fsp3) is 0.438. The van der Waals surface area contributed by atoms with Gasteiger partial charge in [-0.15, -0.1) is 6.42 Å². The summed E-state index contributed by atoms with van der Waals surface area (Å²) in [6.45, 7) is 3.30. The molecule has 2 atom stereocenters. The Labute approximate surface area is 119 Å². The Kier molecular flexibility index (Phi) is 5.03. The van der Waals surface area contributed by atoms with E-state index >= 15 is 0 Å². The second-order valence-electron chi connectivity index (χ2n) is 4.69. The number of hydrogen-bond acceptors (Lipinski definition) is 3. The fourth-order valence-corrected chi connectivity index (χ4v) is 2.32. The van der Waals surface area contributed by atoms with Gasteiger partial charge in [-0.1, -0.05) is 36.3 Å². The summed E-state index contributed by atoms with van der Waals surface area (Å²) >= 11 is 0. The van der Waals surface area contributed by atoms with Crippen LogP contribution in [0.3, 0.4) is 0 Å². The van der Waals surface area contributed by atoms with Gasteiger partial charge in [0, 0.05) is 13.0 Å². The van der Waals surface area contributed by atoms with Crippen molar-refractivity contribution in [1.82, 2.24) is 4.90 Å². The van der Waals surface area contributed by atoms with Crippen molar-refractivity contribution in [3.05, 3.63) is 35.9 Å². The molecule has 4 nitrogen and oxygen atoms in total. The zero-order chi connectivity index (χ0) is 14.4. The first-order chi connectivity index (χ1) is 9.74. The summed E-state index contributed by atoms with van der Waals surface area (Å²) in [4.78, 5) is 13.7. The summed E-state index contributed by atoms with van der Waals surface area (Å²) in [6.07, 6.45) is 5.77. The van der Waals surface area contributed by atoms with Crippen LogP contribution in [0.1, 0.15) is 18.9 Å². The van der Waals surface area contributed by atoms with Gasteiger partial charge in [0.15, 0.2) is 0 Å². The van der Waals surface area contributed by atoms with Crippen LogP contribution in [-0.2, 0) is 16.1 Å². The third-order valence-corrected chi connectivity index (χ3v) is 3.30. The molecule has 0 spiro atoms. The van der Waals surface area contributed by atoms with E-state index in [0.717, 1.165) is 5.56 Å². The van der Waals surface area contributed by atoms with Crippen molar-refractivity contribution in [2.45, 2.75) is 32.1 Å². The van der Waals surface area contributed by atoms with Crippen molar-refractivity contribution < 1.29 is 14.3 Å². The molecule has 0 unspecified atom stereocenters. The molecule has 1 fully saturated rings. The number of hydrogen-bond donors (Lipinski definition) is 0. The van der Waals surface area contributed by atoms with E-state index in [1.165, 1.54) is 0 Å². The number of likely N-dealkylation sites (tertiary alicyclic amines) is 1. The summed E-state index contributed by atoms with van der Waals surface area (Å²) in [5.74, 6) is 2.63. The first-order valence-electron chi connectivity index (χ1n) is 6.79. The minimum absolute atomic E-state index is 0.00493. The van der Waals surface area contributed by atoms with Crippen LogP contribution in [-0.4, -0.2) is 36.3 Å². The van der Waals surface area contributed by atoms with E-state index in [-0.39, 0.29) is 24.8 Å². The van der Waals surface area contributed by atoms with Gasteiger partial charge in [-0.3, -0.25) is 4.90 Å². The van der Waals surface area contributed by atoms with E-state index in [1.54, 1.807) is 4.90 Å². The minimum atomic E-state index is -0.376. The van der Waals surface area contributed by atoms with E-state index in [9.17, 15) is 4.79 Å². The normalized spacial score (nSPS) is 21.5. The van der Waals surface area contributed by atoms with Crippen molar-refractivity contribution in [2.75, 3.05) is 13.2 Å². The maximum atomic E-state index is 12.1. The molecule has 1 aliphatic rings. The molecule has 20 heavy (non-hydrogen) atoms. The van der Waals surface area contributed by atoms with Gasteiger partial charge in [-0.2, -0.15) is 0 Å². The minimum Gasteiger partial charge on any atom is -0.445 e. The molecular weight excluding hydrogens is 254 g/mol. The molecule has 1 aromatic rings. The molecule has 0 saturated carbocycles. The van der Waals surface area contributed by atoms with Crippen LogP contribution < -0.4 is 0 Å². The van der Waals surface area contributed by atoms with Crippen molar-refractivity contribution in [3.8, 4) is 12.3 Å². The van der Waals surface area contributed by atoms with Crippen molar-refractivity contribution in [3.63, 3.8) is 0 Å². The third-order valence-electron chi connectivity index (χ3n) is 3.30. The van der Waals surface area contributed by atoms with Crippen LogP contribution in [0.4, 0.5) is 4.79 Å². The molecule has 0 aromatic heterocycles. The Morgan fingerprint density at radius 1 is 1.45 bits per heavy atom. The SMILES string of the molecule is C#C[C@H]1C[C@@H](OCC)CN1C(=O)OCc1ccccc1. The quantitative estimate of drug-likeness (QED) is 0.791. The van der Waals surface area contributed by atoms with E-state index in [2.05, 4.69) is 5.92 Å². The van der Waals surface area contributed by atoms with Gasteiger partial charge >= 0.3 is 6.09 Å². The Bertz CT molecular complexity index is 480. The fourth-order valence-electron chi connectivity index (χ4n) is 2.32. The molecule has 0 aliphatic carbocycles. The molecule has 1 aromatic carbocycles. The van der Waals surface area contributed by atoms with E-state index in [4.69, 9.17) is 15.9 Å². The highest BCUT2D eigenvalue weighted by molar-refractivity contribution is 5.69. The predicted molar refractivity (Wildman–Crippen MR) is 76.0 cm³/mol. The Balaban J connectivity index is 1.90. The molecule has 0 N–H and O–H groups in total. The van der Waals surface area contributed by atoms with Gasteiger partial charge in [0.05, 0.1) is 18.7 Å². The molecule has 0 radical (unpaired) electrons. The van der Waals surface area contributed by atoms with Crippen molar-refractivity contribution in [2.24, 2.45) is 0 Å². The molecule has 1 aliphatic heterocycles. The van der Waals surface area contributed by atoms with Crippen LogP contribution in [0.5, 0.6) is 0 Å². The van der Waals surface area contributed by atoms with Crippen LogP contribution in [0, 0.1) is 12.3 Å². The number of ether oxygens (including phenoxy) is 2. The zero-order valence-corrected chi connectivity index (χ0v) is 11.6. The monoisotopic (exact) mass is 273 g/mol. The van der Waals surface area contributed by atoms with Crippen LogP contribution in [0.2, 0.25) is 0 Å². The molecular formula is C16H19NO3. The first kappa shape index (κ1) is 14.4. The molecule has 1 heterocycles. The Hall–Kier alpha value is -1.99. The molecule has 0 bridgehead atoms. The average molecular weight is 273 g/mol. The van der Waals surface area contributed by atoms with E-state index in [0.29, 0.717) is 19.6 Å². The maximum Gasteiger partial charge on any atom is 0.411 e.